The molecular weight excluding hydrogens is 281 g/mol. The number of nitrogens with two attached hydrogens (primary N) is 1. The molecule has 0 saturated carbocycles. The highest BCUT2D eigenvalue weighted by Gasteiger charge is 2.16. The van der Waals surface area contributed by atoms with E-state index in [1.807, 2.05) is 0 Å². The van der Waals surface area contributed by atoms with Crippen LogP contribution in [0, 0.1) is 5.82 Å². The first kappa shape index (κ1) is 12.6. The fourth-order valence-corrected chi connectivity index (χ4v) is 2.05. The molecule has 7 heteroatoms. The Morgan fingerprint density at radius 2 is 1.90 bits per heavy atom. The molecule has 2 N–H and O–H groups in total. The van der Waals surface area contributed by atoms with Crippen molar-refractivity contribution in [3.63, 3.8) is 0 Å². The van der Waals surface area contributed by atoms with Crippen LogP contribution in [-0.4, -0.2) is 20.2 Å². The van der Waals surface area contributed by atoms with E-state index in [-0.39, 0.29) is 5.69 Å². The summed E-state index contributed by atoms with van der Waals surface area (Å²) in [5.74, 6) is -0.100. The first-order valence-corrected chi connectivity index (χ1v) is 6.14. The molecule has 0 saturated heterocycles. The largest absolute Gasteiger partial charge is 0.397 e. The van der Waals surface area contributed by atoms with Crippen molar-refractivity contribution in [3.05, 3.63) is 53.3 Å². The minimum absolute atomic E-state index is 0.242. The molecule has 0 amide bonds. The van der Waals surface area contributed by atoms with Crippen LogP contribution < -0.4 is 5.73 Å². The zero-order valence-electron chi connectivity index (χ0n) is 10.2. The average molecular weight is 290 g/mol. The molecule has 0 aliphatic carbocycles. The van der Waals surface area contributed by atoms with Crippen molar-refractivity contribution in [2.75, 3.05) is 5.73 Å². The Bertz CT molecular complexity index is 771. The summed E-state index contributed by atoms with van der Waals surface area (Å²) in [6.45, 7) is 0. The van der Waals surface area contributed by atoms with Gasteiger partial charge in [0.15, 0.2) is 5.82 Å². The highest BCUT2D eigenvalue weighted by atomic mass is 35.5. The maximum atomic E-state index is 13.9. The molecule has 100 valence electrons. The third kappa shape index (κ3) is 2.00. The van der Waals surface area contributed by atoms with Crippen LogP contribution in [0.25, 0.3) is 17.1 Å². The zero-order valence-corrected chi connectivity index (χ0v) is 10.9. The van der Waals surface area contributed by atoms with Gasteiger partial charge >= 0.3 is 0 Å². The van der Waals surface area contributed by atoms with Gasteiger partial charge in [-0.2, -0.15) is 4.68 Å². The van der Waals surface area contributed by atoms with Gasteiger partial charge in [-0.1, -0.05) is 29.8 Å². The molecule has 0 bridgehead atoms. The molecule has 1 aromatic heterocycles. The number of hydrogen-bond donors (Lipinski definition) is 1. The van der Waals surface area contributed by atoms with Crippen LogP contribution in [0.4, 0.5) is 10.1 Å². The molecule has 3 rings (SSSR count). The van der Waals surface area contributed by atoms with Crippen LogP contribution in [0.3, 0.4) is 0 Å². The smallest absolute Gasteiger partial charge is 0.189 e. The topological polar surface area (TPSA) is 69.6 Å². The first-order valence-electron chi connectivity index (χ1n) is 5.76. The van der Waals surface area contributed by atoms with Gasteiger partial charge in [-0.3, -0.25) is 0 Å². The molecule has 0 fully saturated rings. The number of nitrogen functional groups attached to an aromatic ring is 1. The summed E-state index contributed by atoms with van der Waals surface area (Å²) in [6, 6.07) is 11.3. The quantitative estimate of drug-likeness (QED) is 0.736. The van der Waals surface area contributed by atoms with E-state index in [9.17, 15) is 4.39 Å². The number of tetrazole rings is 1. The number of halogens is 2. The highest BCUT2D eigenvalue weighted by molar-refractivity contribution is 6.33. The molecular formula is C13H9ClFN5. The van der Waals surface area contributed by atoms with E-state index in [0.29, 0.717) is 22.1 Å². The fraction of sp³-hybridized carbons (Fsp3) is 0. The molecule has 0 unspecified atom stereocenters. The number of aromatic nitrogens is 4. The Morgan fingerprint density at radius 3 is 2.70 bits per heavy atom. The van der Waals surface area contributed by atoms with Crippen molar-refractivity contribution in [2.24, 2.45) is 0 Å². The lowest BCUT2D eigenvalue weighted by molar-refractivity contribution is 0.608. The van der Waals surface area contributed by atoms with E-state index in [1.165, 1.54) is 10.7 Å². The molecule has 2 aromatic carbocycles. The Balaban J connectivity index is 2.21. The van der Waals surface area contributed by atoms with Crippen molar-refractivity contribution < 1.29 is 4.39 Å². The van der Waals surface area contributed by atoms with Gasteiger partial charge in [-0.05, 0) is 34.7 Å². The summed E-state index contributed by atoms with van der Waals surface area (Å²) in [5.41, 5.74) is 7.06. The molecule has 0 radical (unpaired) electrons. The van der Waals surface area contributed by atoms with Crippen molar-refractivity contribution in [1.29, 1.82) is 0 Å². The molecule has 3 aromatic rings. The van der Waals surface area contributed by atoms with E-state index in [1.54, 1.807) is 36.4 Å². The van der Waals surface area contributed by atoms with E-state index in [0.717, 1.165) is 0 Å². The van der Waals surface area contributed by atoms with Crippen molar-refractivity contribution in [2.45, 2.75) is 0 Å². The number of nitrogens with zero attached hydrogens (tertiary/aromatic N) is 4. The van der Waals surface area contributed by atoms with E-state index in [2.05, 4.69) is 15.5 Å². The van der Waals surface area contributed by atoms with Gasteiger partial charge in [0.2, 0.25) is 0 Å². The highest BCUT2D eigenvalue weighted by Crippen LogP contribution is 2.31. The van der Waals surface area contributed by atoms with Gasteiger partial charge in [0.05, 0.1) is 10.7 Å². The lowest BCUT2D eigenvalue weighted by Gasteiger charge is -2.08. The van der Waals surface area contributed by atoms with Gasteiger partial charge in [0.25, 0.3) is 0 Å². The van der Waals surface area contributed by atoms with Gasteiger partial charge in [0.1, 0.15) is 11.5 Å². The summed E-state index contributed by atoms with van der Waals surface area (Å²) in [7, 11) is 0. The SMILES string of the molecule is Nc1c(Cl)cccc1-c1nnnn1-c1ccccc1F. The number of benzene rings is 2. The summed E-state index contributed by atoms with van der Waals surface area (Å²) in [5, 5.41) is 11.7. The van der Waals surface area contributed by atoms with Crippen LogP contribution in [0.2, 0.25) is 5.02 Å². The van der Waals surface area contributed by atoms with Gasteiger partial charge in [0, 0.05) is 5.56 Å². The minimum atomic E-state index is -0.429. The Hall–Kier alpha value is -2.47. The van der Waals surface area contributed by atoms with E-state index in [4.69, 9.17) is 17.3 Å². The maximum absolute atomic E-state index is 13.9. The average Bonchev–Trinajstić information content (AvgIpc) is 2.91. The molecule has 0 spiro atoms. The fourth-order valence-electron chi connectivity index (χ4n) is 1.87. The summed E-state index contributed by atoms with van der Waals surface area (Å²) in [4.78, 5) is 0. The number of rotatable bonds is 2. The third-order valence-corrected chi connectivity index (χ3v) is 3.17. The summed E-state index contributed by atoms with van der Waals surface area (Å²) < 4.78 is 15.1. The van der Waals surface area contributed by atoms with Crippen LogP contribution in [-0.2, 0) is 0 Å². The zero-order chi connectivity index (χ0) is 14.1. The standard InChI is InChI=1S/C13H9ClFN5/c14-9-5-3-4-8(12(9)16)13-17-18-19-20(13)11-7-2-1-6-10(11)15/h1-7H,16H2. The summed E-state index contributed by atoms with van der Waals surface area (Å²) in [6.07, 6.45) is 0. The lowest BCUT2D eigenvalue weighted by atomic mass is 10.1. The minimum Gasteiger partial charge on any atom is -0.397 e. The van der Waals surface area contributed by atoms with Crippen LogP contribution >= 0.6 is 11.6 Å². The maximum Gasteiger partial charge on any atom is 0.189 e. The summed E-state index contributed by atoms with van der Waals surface area (Å²) >= 11 is 5.98. The van der Waals surface area contributed by atoms with Crippen LogP contribution in [0.5, 0.6) is 0 Å². The predicted octanol–water partition coefficient (Wildman–Crippen LogP) is 2.70. The monoisotopic (exact) mass is 289 g/mol. The second kappa shape index (κ2) is 4.90. The Labute approximate surface area is 118 Å². The second-order valence-electron chi connectivity index (χ2n) is 4.07. The Morgan fingerprint density at radius 1 is 1.10 bits per heavy atom. The van der Waals surface area contributed by atoms with Gasteiger partial charge < -0.3 is 5.73 Å². The van der Waals surface area contributed by atoms with Crippen molar-refractivity contribution in [3.8, 4) is 17.1 Å². The normalized spacial score (nSPS) is 10.7. The van der Waals surface area contributed by atoms with E-state index >= 15 is 0 Å². The molecule has 5 nitrogen and oxygen atoms in total. The van der Waals surface area contributed by atoms with Crippen LogP contribution in [0.1, 0.15) is 0 Å². The van der Waals surface area contributed by atoms with E-state index < -0.39 is 5.82 Å². The molecule has 0 aliphatic rings. The molecule has 0 aliphatic heterocycles. The van der Waals surface area contributed by atoms with Crippen molar-refractivity contribution in [1.82, 2.24) is 20.2 Å². The number of para-hydroxylation sites is 2. The predicted molar refractivity (Wildman–Crippen MR) is 74.0 cm³/mol. The Kier molecular flexibility index (Phi) is 3.08. The van der Waals surface area contributed by atoms with Gasteiger partial charge in [-0.25, -0.2) is 4.39 Å². The molecule has 1 heterocycles. The third-order valence-electron chi connectivity index (χ3n) is 2.84. The van der Waals surface area contributed by atoms with Crippen LogP contribution in [0.15, 0.2) is 42.5 Å². The number of hydrogen-bond acceptors (Lipinski definition) is 4. The lowest BCUT2D eigenvalue weighted by Crippen LogP contribution is -2.04. The number of anilines is 1. The van der Waals surface area contributed by atoms with Gasteiger partial charge in [-0.15, -0.1) is 5.10 Å². The molecule has 0 atom stereocenters. The first-order chi connectivity index (χ1) is 9.68. The second-order valence-corrected chi connectivity index (χ2v) is 4.47. The van der Waals surface area contributed by atoms with Crippen molar-refractivity contribution >= 4 is 17.3 Å². The molecule has 20 heavy (non-hydrogen) atoms.